The van der Waals surface area contributed by atoms with E-state index in [0.717, 1.165) is 36.2 Å². The second-order valence-corrected chi connectivity index (χ2v) is 4.11. The Morgan fingerprint density at radius 2 is 2.44 bits per heavy atom. The van der Waals surface area contributed by atoms with E-state index in [-0.39, 0.29) is 12.6 Å². The van der Waals surface area contributed by atoms with Crippen LogP contribution in [0.15, 0.2) is 18.6 Å². The first-order chi connectivity index (χ1) is 7.90. The van der Waals surface area contributed by atoms with Crippen molar-refractivity contribution in [1.82, 2.24) is 15.0 Å². The summed E-state index contributed by atoms with van der Waals surface area (Å²) in [7, 11) is 0. The van der Waals surface area contributed by atoms with Crippen LogP contribution in [0.25, 0.3) is 11.0 Å². The summed E-state index contributed by atoms with van der Waals surface area (Å²) in [4.78, 5) is 13.8. The molecule has 1 fully saturated rings. The highest BCUT2D eigenvalue weighted by Gasteiger charge is 2.26. The van der Waals surface area contributed by atoms with Crippen LogP contribution in [0.3, 0.4) is 0 Å². The van der Waals surface area contributed by atoms with Crippen LogP contribution in [0, 0.1) is 0 Å². The summed E-state index contributed by atoms with van der Waals surface area (Å²) in [5, 5.41) is 10.4. The van der Waals surface area contributed by atoms with Crippen LogP contribution in [0.5, 0.6) is 0 Å². The number of anilines is 1. The summed E-state index contributed by atoms with van der Waals surface area (Å²) in [6, 6.07) is 2.19. The van der Waals surface area contributed by atoms with Crippen LogP contribution >= 0.6 is 0 Å². The summed E-state index contributed by atoms with van der Waals surface area (Å²) in [5.41, 5.74) is 0.855. The molecule has 0 aromatic carbocycles. The number of hydrogen-bond donors (Lipinski definition) is 2. The van der Waals surface area contributed by atoms with Crippen molar-refractivity contribution in [2.45, 2.75) is 18.9 Å². The average Bonchev–Trinajstić information content (AvgIpc) is 2.96. The Morgan fingerprint density at radius 3 is 3.31 bits per heavy atom. The van der Waals surface area contributed by atoms with Crippen molar-refractivity contribution in [3.8, 4) is 0 Å². The fourth-order valence-electron chi connectivity index (χ4n) is 2.39. The molecule has 2 aromatic heterocycles. The standard InChI is InChI=1S/C11H14N4O/c16-6-8-2-1-5-15(8)11-9-3-4-12-10(9)13-7-14-11/h3-4,7-8,16H,1-2,5-6H2,(H,12,13,14)/t8-/m1/s1. The molecular weight excluding hydrogens is 204 g/mol. The van der Waals surface area contributed by atoms with Gasteiger partial charge in [0.05, 0.1) is 18.0 Å². The minimum atomic E-state index is 0.190. The Kier molecular flexibility index (Phi) is 2.25. The normalized spacial score (nSPS) is 20.8. The molecule has 2 N–H and O–H groups in total. The maximum atomic E-state index is 9.33. The molecule has 5 heteroatoms. The molecule has 0 aliphatic carbocycles. The van der Waals surface area contributed by atoms with Gasteiger partial charge < -0.3 is 15.0 Å². The third kappa shape index (κ3) is 1.36. The number of nitrogens with zero attached hydrogens (tertiary/aromatic N) is 3. The lowest BCUT2D eigenvalue weighted by Gasteiger charge is -2.24. The highest BCUT2D eigenvalue weighted by molar-refractivity contribution is 5.87. The molecule has 0 bridgehead atoms. The number of nitrogens with one attached hydrogen (secondary N) is 1. The van der Waals surface area contributed by atoms with Gasteiger partial charge in [0.15, 0.2) is 0 Å². The Labute approximate surface area is 93.1 Å². The van der Waals surface area contributed by atoms with E-state index in [4.69, 9.17) is 0 Å². The molecule has 1 saturated heterocycles. The largest absolute Gasteiger partial charge is 0.394 e. The molecule has 5 nitrogen and oxygen atoms in total. The summed E-state index contributed by atoms with van der Waals surface area (Å²) >= 11 is 0. The maximum absolute atomic E-state index is 9.33. The SMILES string of the molecule is OC[C@H]1CCCN1c1ncnc2[nH]ccc12. The monoisotopic (exact) mass is 218 g/mol. The van der Waals surface area contributed by atoms with Crippen LogP contribution in [0.4, 0.5) is 5.82 Å². The predicted octanol–water partition coefficient (Wildman–Crippen LogP) is 0.919. The third-order valence-electron chi connectivity index (χ3n) is 3.19. The molecule has 0 amide bonds. The molecule has 2 aromatic rings. The number of fused-ring (bicyclic) bond motifs is 1. The van der Waals surface area contributed by atoms with Crippen molar-refractivity contribution in [2.24, 2.45) is 0 Å². The molecule has 3 rings (SSSR count). The topological polar surface area (TPSA) is 65.0 Å². The molecule has 0 unspecified atom stereocenters. The van der Waals surface area contributed by atoms with E-state index >= 15 is 0 Å². The van der Waals surface area contributed by atoms with E-state index in [1.165, 1.54) is 0 Å². The van der Waals surface area contributed by atoms with Crippen molar-refractivity contribution >= 4 is 16.9 Å². The van der Waals surface area contributed by atoms with Crippen molar-refractivity contribution in [1.29, 1.82) is 0 Å². The molecule has 0 spiro atoms. The van der Waals surface area contributed by atoms with E-state index in [9.17, 15) is 5.11 Å². The highest BCUT2D eigenvalue weighted by atomic mass is 16.3. The van der Waals surface area contributed by atoms with Crippen molar-refractivity contribution in [3.63, 3.8) is 0 Å². The number of hydrogen-bond acceptors (Lipinski definition) is 4. The summed E-state index contributed by atoms with van der Waals surface area (Å²) in [6.45, 7) is 1.15. The molecular formula is C11H14N4O. The number of aliphatic hydroxyl groups excluding tert-OH is 1. The molecule has 0 radical (unpaired) electrons. The first-order valence-corrected chi connectivity index (χ1v) is 5.56. The van der Waals surface area contributed by atoms with Gasteiger partial charge in [-0.3, -0.25) is 0 Å². The Bertz CT molecular complexity index is 495. The fourth-order valence-corrected chi connectivity index (χ4v) is 2.39. The van der Waals surface area contributed by atoms with Gasteiger partial charge in [-0.05, 0) is 18.9 Å². The number of aromatic nitrogens is 3. The van der Waals surface area contributed by atoms with E-state index in [1.54, 1.807) is 6.33 Å². The Balaban J connectivity index is 2.07. The van der Waals surface area contributed by atoms with Crippen LogP contribution in [0.2, 0.25) is 0 Å². The zero-order valence-electron chi connectivity index (χ0n) is 8.93. The maximum Gasteiger partial charge on any atom is 0.142 e. The number of aromatic amines is 1. The second-order valence-electron chi connectivity index (χ2n) is 4.11. The quantitative estimate of drug-likeness (QED) is 0.786. The second kappa shape index (κ2) is 3.75. The highest BCUT2D eigenvalue weighted by Crippen LogP contribution is 2.28. The number of aliphatic hydroxyl groups is 1. The van der Waals surface area contributed by atoms with Gasteiger partial charge in [0.2, 0.25) is 0 Å². The summed E-state index contributed by atoms with van der Waals surface area (Å²) in [5.74, 6) is 0.933. The van der Waals surface area contributed by atoms with E-state index < -0.39 is 0 Å². The summed E-state index contributed by atoms with van der Waals surface area (Å²) in [6.07, 6.45) is 5.58. The fraction of sp³-hybridized carbons (Fsp3) is 0.455. The zero-order chi connectivity index (χ0) is 11.0. The average molecular weight is 218 g/mol. The van der Waals surface area contributed by atoms with Gasteiger partial charge in [0.1, 0.15) is 17.8 Å². The van der Waals surface area contributed by atoms with Gasteiger partial charge in [-0.25, -0.2) is 9.97 Å². The number of rotatable bonds is 2. The molecule has 3 heterocycles. The molecule has 1 atom stereocenters. The van der Waals surface area contributed by atoms with Crippen molar-refractivity contribution in [3.05, 3.63) is 18.6 Å². The van der Waals surface area contributed by atoms with Gasteiger partial charge in [-0.15, -0.1) is 0 Å². The van der Waals surface area contributed by atoms with E-state index in [2.05, 4.69) is 19.9 Å². The first kappa shape index (κ1) is 9.59. The zero-order valence-corrected chi connectivity index (χ0v) is 8.93. The lowest BCUT2D eigenvalue weighted by molar-refractivity contribution is 0.266. The van der Waals surface area contributed by atoms with E-state index in [1.807, 2.05) is 12.3 Å². The molecule has 16 heavy (non-hydrogen) atoms. The van der Waals surface area contributed by atoms with Crippen LogP contribution in [-0.2, 0) is 0 Å². The minimum Gasteiger partial charge on any atom is -0.394 e. The van der Waals surface area contributed by atoms with Crippen LogP contribution in [0.1, 0.15) is 12.8 Å². The Hall–Kier alpha value is -1.62. The minimum absolute atomic E-state index is 0.190. The van der Waals surface area contributed by atoms with Crippen LogP contribution < -0.4 is 4.90 Å². The van der Waals surface area contributed by atoms with Crippen LogP contribution in [-0.4, -0.2) is 39.3 Å². The van der Waals surface area contributed by atoms with Crippen molar-refractivity contribution < 1.29 is 5.11 Å². The molecule has 84 valence electrons. The van der Waals surface area contributed by atoms with Gasteiger partial charge >= 0.3 is 0 Å². The first-order valence-electron chi connectivity index (χ1n) is 5.56. The third-order valence-corrected chi connectivity index (χ3v) is 3.19. The van der Waals surface area contributed by atoms with Gasteiger partial charge in [0.25, 0.3) is 0 Å². The summed E-state index contributed by atoms with van der Waals surface area (Å²) < 4.78 is 0. The number of H-pyrrole nitrogens is 1. The van der Waals surface area contributed by atoms with Crippen molar-refractivity contribution in [2.75, 3.05) is 18.1 Å². The van der Waals surface area contributed by atoms with Gasteiger partial charge in [0, 0.05) is 12.7 Å². The molecule has 0 saturated carbocycles. The smallest absolute Gasteiger partial charge is 0.142 e. The van der Waals surface area contributed by atoms with Gasteiger partial charge in [-0.2, -0.15) is 0 Å². The molecule has 1 aliphatic rings. The Morgan fingerprint density at radius 1 is 1.50 bits per heavy atom. The lowest BCUT2D eigenvalue weighted by Crippen LogP contribution is -2.32. The predicted molar refractivity (Wildman–Crippen MR) is 61.3 cm³/mol. The molecule has 1 aliphatic heterocycles. The lowest BCUT2D eigenvalue weighted by atomic mass is 10.2. The van der Waals surface area contributed by atoms with Gasteiger partial charge in [-0.1, -0.05) is 0 Å². The van der Waals surface area contributed by atoms with E-state index in [0.29, 0.717) is 0 Å².